The lowest BCUT2D eigenvalue weighted by atomic mass is 10.1. The Morgan fingerprint density at radius 3 is 2.60 bits per heavy atom. The van der Waals surface area contributed by atoms with Gasteiger partial charge in [-0.1, -0.05) is 12.1 Å². The fraction of sp³-hybridized carbons (Fsp3) is 0.238. The molecule has 0 saturated carbocycles. The number of aromatic nitrogens is 3. The molecule has 3 aromatic rings. The van der Waals surface area contributed by atoms with Crippen LogP contribution in [0, 0.1) is 0 Å². The first-order valence-electron chi connectivity index (χ1n) is 9.38. The van der Waals surface area contributed by atoms with Crippen LogP contribution in [0.2, 0.25) is 0 Å². The van der Waals surface area contributed by atoms with Gasteiger partial charge in [-0.25, -0.2) is 4.79 Å². The Bertz CT molecular complexity index is 1060. The number of ether oxygens (including phenoxy) is 1. The zero-order valence-corrected chi connectivity index (χ0v) is 17.3. The zero-order valence-electron chi connectivity index (χ0n) is 17.3. The molecule has 0 bridgehead atoms. The standard InChI is InChI=1S/C21H24N6O3/c1-13(2)23-20(28)16-7-5-6-8-17(16)24-21(29)25-19-10-18(27(3)26-19)14-9-15(30-4)12-22-11-14/h5-13H,1-4H3,(H,23,28)(H2,24,25,26,29). The van der Waals surface area contributed by atoms with Crippen LogP contribution in [0.4, 0.5) is 16.3 Å². The summed E-state index contributed by atoms with van der Waals surface area (Å²) in [6.45, 7) is 3.74. The van der Waals surface area contributed by atoms with Crippen LogP contribution in [0.15, 0.2) is 48.8 Å². The minimum absolute atomic E-state index is 0.0163. The van der Waals surface area contributed by atoms with Crippen LogP contribution < -0.4 is 20.7 Å². The molecule has 9 heteroatoms. The van der Waals surface area contributed by atoms with Gasteiger partial charge in [0.15, 0.2) is 5.82 Å². The molecule has 3 N–H and O–H groups in total. The second-order valence-corrected chi connectivity index (χ2v) is 6.90. The van der Waals surface area contributed by atoms with E-state index in [4.69, 9.17) is 4.74 Å². The van der Waals surface area contributed by atoms with Crippen LogP contribution in [0.5, 0.6) is 5.75 Å². The van der Waals surface area contributed by atoms with Crippen molar-refractivity contribution < 1.29 is 14.3 Å². The minimum Gasteiger partial charge on any atom is -0.495 e. The molecule has 0 aliphatic rings. The third-order valence-electron chi connectivity index (χ3n) is 4.21. The fourth-order valence-corrected chi connectivity index (χ4v) is 2.87. The Labute approximate surface area is 174 Å². The number of nitrogens with one attached hydrogen (secondary N) is 3. The van der Waals surface area contributed by atoms with Crippen molar-refractivity contribution in [2.45, 2.75) is 19.9 Å². The first kappa shape index (κ1) is 20.8. The number of anilines is 2. The van der Waals surface area contributed by atoms with E-state index in [9.17, 15) is 9.59 Å². The van der Waals surface area contributed by atoms with Crippen molar-refractivity contribution in [3.05, 3.63) is 54.4 Å². The van der Waals surface area contributed by atoms with Crippen molar-refractivity contribution in [1.29, 1.82) is 0 Å². The highest BCUT2D eigenvalue weighted by Gasteiger charge is 2.15. The summed E-state index contributed by atoms with van der Waals surface area (Å²) in [6, 6.07) is 9.85. The Morgan fingerprint density at radius 2 is 1.87 bits per heavy atom. The van der Waals surface area contributed by atoms with Gasteiger partial charge in [-0.05, 0) is 32.0 Å². The second kappa shape index (κ2) is 9.08. The number of carbonyl (C=O) groups excluding carboxylic acids is 2. The smallest absolute Gasteiger partial charge is 0.324 e. The van der Waals surface area contributed by atoms with Crippen molar-refractivity contribution in [2.75, 3.05) is 17.7 Å². The first-order valence-corrected chi connectivity index (χ1v) is 9.38. The molecule has 3 rings (SSSR count). The summed E-state index contributed by atoms with van der Waals surface area (Å²) in [6.07, 6.45) is 3.30. The normalized spacial score (nSPS) is 10.6. The number of pyridine rings is 1. The van der Waals surface area contributed by atoms with Gasteiger partial charge < -0.3 is 15.4 Å². The molecule has 30 heavy (non-hydrogen) atoms. The monoisotopic (exact) mass is 408 g/mol. The van der Waals surface area contributed by atoms with Gasteiger partial charge in [0, 0.05) is 30.9 Å². The van der Waals surface area contributed by atoms with Crippen LogP contribution in [0.1, 0.15) is 24.2 Å². The molecule has 9 nitrogen and oxygen atoms in total. The van der Waals surface area contributed by atoms with Gasteiger partial charge in [-0.3, -0.25) is 19.8 Å². The van der Waals surface area contributed by atoms with Gasteiger partial charge in [-0.2, -0.15) is 5.10 Å². The molecule has 2 heterocycles. The van der Waals surface area contributed by atoms with Gasteiger partial charge in [0.1, 0.15) is 5.75 Å². The van der Waals surface area contributed by atoms with Gasteiger partial charge in [-0.15, -0.1) is 0 Å². The Morgan fingerprint density at radius 1 is 1.10 bits per heavy atom. The molecule has 1 aromatic carbocycles. The first-order chi connectivity index (χ1) is 14.4. The van der Waals surface area contributed by atoms with Crippen molar-refractivity contribution in [2.24, 2.45) is 7.05 Å². The van der Waals surface area contributed by atoms with Crippen molar-refractivity contribution in [3.63, 3.8) is 0 Å². The van der Waals surface area contributed by atoms with E-state index in [1.54, 1.807) is 61.6 Å². The zero-order chi connectivity index (χ0) is 21.7. The van der Waals surface area contributed by atoms with E-state index >= 15 is 0 Å². The van der Waals surface area contributed by atoms with E-state index < -0.39 is 6.03 Å². The number of amides is 3. The van der Waals surface area contributed by atoms with Crippen molar-refractivity contribution >= 4 is 23.4 Å². The quantitative estimate of drug-likeness (QED) is 0.580. The fourth-order valence-electron chi connectivity index (χ4n) is 2.87. The van der Waals surface area contributed by atoms with E-state index in [0.717, 1.165) is 11.3 Å². The van der Waals surface area contributed by atoms with E-state index in [0.29, 0.717) is 22.8 Å². The van der Waals surface area contributed by atoms with Crippen LogP contribution in [0.3, 0.4) is 0 Å². The number of benzene rings is 1. The summed E-state index contributed by atoms with van der Waals surface area (Å²) in [7, 11) is 3.34. The minimum atomic E-state index is -0.506. The lowest BCUT2D eigenvalue weighted by molar-refractivity contribution is 0.0944. The van der Waals surface area contributed by atoms with Crippen molar-refractivity contribution in [1.82, 2.24) is 20.1 Å². The van der Waals surface area contributed by atoms with Crippen LogP contribution in [0.25, 0.3) is 11.3 Å². The number of urea groups is 1. The van der Waals surface area contributed by atoms with Crippen LogP contribution >= 0.6 is 0 Å². The number of carbonyl (C=O) groups is 2. The molecule has 0 fully saturated rings. The molecule has 0 spiro atoms. The third-order valence-corrected chi connectivity index (χ3v) is 4.21. The van der Waals surface area contributed by atoms with Gasteiger partial charge in [0.25, 0.3) is 5.91 Å². The number of rotatable bonds is 6. The SMILES string of the molecule is COc1cncc(-c2cc(NC(=O)Nc3ccccc3C(=O)NC(C)C)nn2C)c1. The number of nitrogens with zero attached hydrogens (tertiary/aromatic N) is 3. The summed E-state index contributed by atoms with van der Waals surface area (Å²) in [5.41, 5.74) is 2.34. The van der Waals surface area contributed by atoms with Crippen molar-refractivity contribution in [3.8, 4) is 17.0 Å². The average Bonchev–Trinajstić information content (AvgIpc) is 3.07. The lowest BCUT2D eigenvalue weighted by Gasteiger charge is -2.13. The molecule has 0 aliphatic heterocycles. The van der Waals surface area contributed by atoms with E-state index in [2.05, 4.69) is 26.0 Å². The maximum Gasteiger partial charge on any atom is 0.324 e. The number of methoxy groups -OCH3 is 1. The van der Waals surface area contributed by atoms with Gasteiger partial charge >= 0.3 is 6.03 Å². The summed E-state index contributed by atoms with van der Waals surface area (Å²) < 4.78 is 6.84. The van der Waals surface area contributed by atoms with E-state index in [1.807, 2.05) is 19.9 Å². The molecule has 0 aliphatic carbocycles. The maximum atomic E-state index is 12.5. The summed E-state index contributed by atoms with van der Waals surface area (Å²) >= 11 is 0. The number of hydrogen-bond donors (Lipinski definition) is 3. The second-order valence-electron chi connectivity index (χ2n) is 6.90. The maximum absolute atomic E-state index is 12.5. The van der Waals surface area contributed by atoms with Gasteiger partial charge in [0.2, 0.25) is 0 Å². The molecule has 156 valence electrons. The third kappa shape index (κ3) is 4.93. The number of hydrogen-bond acceptors (Lipinski definition) is 5. The largest absolute Gasteiger partial charge is 0.495 e. The lowest BCUT2D eigenvalue weighted by Crippen LogP contribution is -2.31. The van der Waals surface area contributed by atoms with Gasteiger partial charge in [0.05, 0.1) is 30.3 Å². The highest BCUT2D eigenvalue weighted by Crippen LogP contribution is 2.24. The molecule has 3 amide bonds. The molecular formula is C21H24N6O3. The summed E-state index contributed by atoms with van der Waals surface area (Å²) in [4.78, 5) is 29.0. The Hall–Kier alpha value is -3.88. The predicted molar refractivity (Wildman–Crippen MR) is 115 cm³/mol. The molecule has 2 aromatic heterocycles. The Balaban J connectivity index is 1.74. The van der Waals surface area contributed by atoms with E-state index in [-0.39, 0.29) is 11.9 Å². The highest BCUT2D eigenvalue weighted by molar-refractivity contribution is 6.06. The van der Waals surface area contributed by atoms with E-state index in [1.165, 1.54) is 0 Å². The van der Waals surface area contributed by atoms with Crippen LogP contribution in [-0.4, -0.2) is 39.9 Å². The molecule has 0 radical (unpaired) electrons. The molecule has 0 unspecified atom stereocenters. The summed E-state index contributed by atoms with van der Waals surface area (Å²) in [5.74, 6) is 0.723. The summed E-state index contributed by atoms with van der Waals surface area (Å²) in [5, 5.41) is 12.5. The molecule has 0 atom stereocenters. The highest BCUT2D eigenvalue weighted by atomic mass is 16.5. The predicted octanol–water partition coefficient (Wildman–Crippen LogP) is 3.27. The molecule has 0 saturated heterocycles. The van der Waals surface area contributed by atoms with Crippen LogP contribution in [-0.2, 0) is 7.05 Å². The molecular weight excluding hydrogens is 384 g/mol. The number of para-hydroxylation sites is 1. The average molecular weight is 408 g/mol. The topological polar surface area (TPSA) is 110 Å². The number of aryl methyl sites for hydroxylation is 1. The Kier molecular flexibility index (Phi) is 6.31.